The predicted molar refractivity (Wildman–Crippen MR) is 353 cm³/mol. The lowest BCUT2D eigenvalue weighted by Gasteiger charge is -2.18. The molecule has 0 radical (unpaired) electrons. The van der Waals surface area contributed by atoms with Crippen molar-refractivity contribution < 1.29 is 28.6 Å². The van der Waals surface area contributed by atoms with Gasteiger partial charge in [-0.05, 0) is 109 Å². The minimum Gasteiger partial charge on any atom is -0.462 e. The van der Waals surface area contributed by atoms with Gasteiger partial charge in [0.15, 0.2) is 6.10 Å². The van der Waals surface area contributed by atoms with E-state index in [0.29, 0.717) is 19.3 Å². The first-order valence-corrected chi connectivity index (χ1v) is 35.1. The number of rotatable bonds is 64. The third-order valence-corrected chi connectivity index (χ3v) is 15.4. The first kappa shape index (κ1) is 77.6. The number of esters is 3. The van der Waals surface area contributed by atoms with Gasteiger partial charge < -0.3 is 14.2 Å². The van der Waals surface area contributed by atoms with Gasteiger partial charge in [0.2, 0.25) is 0 Å². The first-order chi connectivity index (χ1) is 40.0. The van der Waals surface area contributed by atoms with E-state index in [-0.39, 0.29) is 31.1 Å². The van der Waals surface area contributed by atoms with E-state index in [2.05, 4.69) is 106 Å². The second-order valence-electron chi connectivity index (χ2n) is 23.4. The maximum Gasteiger partial charge on any atom is 0.306 e. The van der Waals surface area contributed by atoms with Crippen LogP contribution in [0.2, 0.25) is 0 Å². The van der Waals surface area contributed by atoms with Crippen LogP contribution in [0.15, 0.2) is 85.1 Å². The van der Waals surface area contributed by atoms with Gasteiger partial charge in [-0.3, -0.25) is 14.4 Å². The highest BCUT2D eigenvalue weighted by atomic mass is 16.6. The average molecular weight is 1130 g/mol. The Bertz CT molecular complexity index is 1530. The van der Waals surface area contributed by atoms with E-state index >= 15 is 0 Å². The molecule has 0 spiro atoms. The van der Waals surface area contributed by atoms with Gasteiger partial charge in [0, 0.05) is 19.3 Å². The molecule has 0 aliphatic carbocycles. The van der Waals surface area contributed by atoms with Crippen LogP contribution in [0.4, 0.5) is 0 Å². The molecule has 0 saturated carbocycles. The highest BCUT2D eigenvalue weighted by Gasteiger charge is 2.19. The molecule has 0 aliphatic heterocycles. The molecule has 0 amide bonds. The van der Waals surface area contributed by atoms with E-state index < -0.39 is 6.10 Å². The molecule has 6 heteroatoms. The van der Waals surface area contributed by atoms with Gasteiger partial charge in [-0.25, -0.2) is 0 Å². The van der Waals surface area contributed by atoms with Gasteiger partial charge >= 0.3 is 17.9 Å². The van der Waals surface area contributed by atoms with Gasteiger partial charge in [-0.15, -0.1) is 0 Å². The van der Waals surface area contributed by atoms with Crippen molar-refractivity contribution in [1.29, 1.82) is 0 Å². The van der Waals surface area contributed by atoms with E-state index in [0.717, 1.165) is 103 Å². The molecule has 0 aromatic carbocycles. The summed E-state index contributed by atoms with van der Waals surface area (Å²) in [5, 5.41) is 0. The van der Waals surface area contributed by atoms with E-state index in [9.17, 15) is 14.4 Å². The van der Waals surface area contributed by atoms with E-state index in [4.69, 9.17) is 14.2 Å². The maximum atomic E-state index is 12.9. The number of unbranched alkanes of at least 4 members (excludes halogenated alkanes) is 39. The number of allylic oxidation sites excluding steroid dienone is 14. The minimum absolute atomic E-state index is 0.0790. The second kappa shape index (κ2) is 69.1. The summed E-state index contributed by atoms with van der Waals surface area (Å²) in [6.45, 7) is 6.51. The van der Waals surface area contributed by atoms with Crippen LogP contribution in [0.25, 0.3) is 0 Å². The third-order valence-electron chi connectivity index (χ3n) is 15.4. The summed E-state index contributed by atoms with van der Waals surface area (Å²) in [4.78, 5) is 38.4. The summed E-state index contributed by atoms with van der Waals surface area (Å²) in [7, 11) is 0. The van der Waals surface area contributed by atoms with Crippen LogP contribution in [0, 0.1) is 0 Å². The van der Waals surface area contributed by atoms with Gasteiger partial charge in [0.25, 0.3) is 0 Å². The Morgan fingerprint density at radius 3 is 0.802 bits per heavy atom. The normalized spacial score (nSPS) is 12.6. The van der Waals surface area contributed by atoms with Crippen LogP contribution in [0.3, 0.4) is 0 Å². The van der Waals surface area contributed by atoms with Gasteiger partial charge in [-0.2, -0.15) is 0 Å². The smallest absolute Gasteiger partial charge is 0.306 e. The zero-order valence-corrected chi connectivity index (χ0v) is 53.8. The van der Waals surface area contributed by atoms with Crippen molar-refractivity contribution in [3.05, 3.63) is 85.1 Å². The van der Waals surface area contributed by atoms with Crippen LogP contribution in [-0.4, -0.2) is 37.2 Å². The van der Waals surface area contributed by atoms with Gasteiger partial charge in [0.1, 0.15) is 13.2 Å². The molecule has 0 heterocycles. The van der Waals surface area contributed by atoms with E-state index in [1.165, 1.54) is 212 Å². The molecule has 0 aromatic heterocycles. The van der Waals surface area contributed by atoms with Crippen molar-refractivity contribution in [1.82, 2.24) is 0 Å². The third kappa shape index (κ3) is 67.3. The average Bonchev–Trinajstić information content (AvgIpc) is 3.47. The molecule has 0 aromatic rings. The molecule has 0 bridgehead atoms. The van der Waals surface area contributed by atoms with Crippen LogP contribution < -0.4 is 0 Å². The summed E-state index contributed by atoms with van der Waals surface area (Å²) < 4.78 is 17.0. The fourth-order valence-electron chi connectivity index (χ4n) is 10.1. The zero-order valence-electron chi connectivity index (χ0n) is 53.8. The molecule has 6 nitrogen and oxygen atoms in total. The number of ether oxygens (including phenoxy) is 3. The van der Waals surface area contributed by atoms with Crippen molar-refractivity contribution in [3.8, 4) is 0 Å². The molecule has 1 atom stereocenters. The highest BCUT2D eigenvalue weighted by Crippen LogP contribution is 2.17. The number of carbonyl (C=O) groups is 3. The summed E-state index contributed by atoms with van der Waals surface area (Å²) in [5.74, 6) is -0.879. The van der Waals surface area contributed by atoms with Crippen molar-refractivity contribution in [2.45, 2.75) is 361 Å². The predicted octanol–water partition coefficient (Wildman–Crippen LogP) is 24.2. The summed E-state index contributed by atoms with van der Waals surface area (Å²) in [6, 6.07) is 0. The summed E-state index contributed by atoms with van der Waals surface area (Å²) >= 11 is 0. The van der Waals surface area contributed by atoms with Crippen LogP contribution in [0.5, 0.6) is 0 Å². The van der Waals surface area contributed by atoms with Crippen molar-refractivity contribution in [2.24, 2.45) is 0 Å². The molecular weight excluding hydrogens is 997 g/mol. The molecule has 0 rings (SSSR count). The number of hydrogen-bond donors (Lipinski definition) is 0. The Balaban J connectivity index is 4.21. The molecule has 81 heavy (non-hydrogen) atoms. The quantitative estimate of drug-likeness (QED) is 0.0261. The Labute approximate surface area is 503 Å². The first-order valence-electron chi connectivity index (χ1n) is 35.1. The Morgan fingerprint density at radius 2 is 0.494 bits per heavy atom. The second-order valence-corrected chi connectivity index (χ2v) is 23.4. The Hall–Kier alpha value is -3.41. The highest BCUT2D eigenvalue weighted by molar-refractivity contribution is 5.71. The number of hydrogen-bond acceptors (Lipinski definition) is 6. The monoisotopic (exact) mass is 1130 g/mol. The van der Waals surface area contributed by atoms with E-state index in [1.54, 1.807) is 0 Å². The van der Waals surface area contributed by atoms with Crippen molar-refractivity contribution >= 4 is 17.9 Å². The Morgan fingerprint density at radius 1 is 0.259 bits per heavy atom. The Kier molecular flexibility index (Phi) is 66.2. The lowest BCUT2D eigenvalue weighted by Crippen LogP contribution is -2.30. The molecule has 0 aliphatic rings. The summed E-state index contributed by atoms with van der Waals surface area (Å²) in [6.07, 6.45) is 91.8. The fraction of sp³-hybridized carbons (Fsp3) is 0.773. The molecular formula is C75H132O6. The van der Waals surface area contributed by atoms with Crippen molar-refractivity contribution in [3.63, 3.8) is 0 Å². The molecule has 0 fully saturated rings. The molecule has 1 unspecified atom stereocenters. The van der Waals surface area contributed by atoms with Crippen LogP contribution in [-0.2, 0) is 28.6 Å². The van der Waals surface area contributed by atoms with Gasteiger partial charge in [-0.1, -0.05) is 311 Å². The van der Waals surface area contributed by atoms with Crippen LogP contribution >= 0.6 is 0 Å². The summed E-state index contributed by atoms with van der Waals surface area (Å²) in [5.41, 5.74) is 0. The lowest BCUT2D eigenvalue weighted by atomic mass is 10.0. The molecule has 468 valence electrons. The standard InChI is InChI=1S/C75H132O6/c1-4-7-10-13-16-19-22-25-28-30-32-33-34-35-36-37-38-39-40-41-42-43-44-46-47-50-53-56-59-62-65-68-74(77)80-71-72(70-79-73(76)67-64-61-58-55-52-49-27-24-21-18-15-12-9-6-3)81-75(78)69-66-63-60-57-54-51-48-45-31-29-26-23-20-17-14-11-8-5-2/h7,10,15-16,18-19,24-25,27-29,31-33,72H,4-6,8-9,11-14,17,20-23,26,30,34-71H2,1-3H3/b10-7-,18-15-,19-16-,27-24-,28-25-,31-29-,33-32-. The van der Waals surface area contributed by atoms with Gasteiger partial charge in [0.05, 0.1) is 0 Å². The molecule has 0 N–H and O–H groups in total. The van der Waals surface area contributed by atoms with Crippen molar-refractivity contribution in [2.75, 3.05) is 13.2 Å². The molecule has 0 saturated heterocycles. The maximum absolute atomic E-state index is 12.9. The largest absolute Gasteiger partial charge is 0.462 e. The topological polar surface area (TPSA) is 78.9 Å². The lowest BCUT2D eigenvalue weighted by molar-refractivity contribution is -0.167. The SMILES string of the molecule is CC/C=C\C/C=C\C/C=C\C/C=C\CCCCCCCCCCCCCCCCCCCCC(=O)OCC(COC(=O)CCCCCCC/C=C\C/C=C\CCCC)OC(=O)CCCCCCCCC/C=C\CCCCCCCCC. The zero-order chi connectivity index (χ0) is 58.5. The van der Waals surface area contributed by atoms with E-state index in [1.807, 2.05) is 0 Å². The number of carbonyl (C=O) groups excluding carboxylic acids is 3. The van der Waals surface area contributed by atoms with Crippen LogP contribution in [0.1, 0.15) is 355 Å². The minimum atomic E-state index is -0.784. The fourth-order valence-corrected chi connectivity index (χ4v) is 10.1.